The van der Waals surface area contributed by atoms with Crippen LogP contribution in [-0.2, 0) is 11.3 Å². The lowest BCUT2D eigenvalue weighted by Gasteiger charge is -2.25. The summed E-state index contributed by atoms with van der Waals surface area (Å²) >= 11 is 3.53. The summed E-state index contributed by atoms with van der Waals surface area (Å²) in [5.41, 5.74) is 2.40. The molecule has 0 aliphatic heterocycles. The summed E-state index contributed by atoms with van der Waals surface area (Å²) in [5.74, 6) is 0.0321. The molecule has 21 heavy (non-hydrogen) atoms. The van der Waals surface area contributed by atoms with Crippen molar-refractivity contribution in [3.05, 3.63) is 28.2 Å². The monoisotopic (exact) mass is 355 g/mol. The molecule has 4 nitrogen and oxygen atoms in total. The third kappa shape index (κ3) is 5.67. The van der Waals surface area contributed by atoms with E-state index in [-0.39, 0.29) is 11.8 Å². The zero-order chi connectivity index (χ0) is 15.8. The first-order chi connectivity index (χ1) is 9.99. The topological polar surface area (TPSA) is 44.4 Å². The minimum Gasteiger partial charge on any atom is -0.374 e. The van der Waals surface area contributed by atoms with Crippen molar-refractivity contribution >= 4 is 27.5 Å². The van der Waals surface area contributed by atoms with Gasteiger partial charge in [-0.1, -0.05) is 29.8 Å². The fourth-order valence-corrected chi connectivity index (χ4v) is 2.71. The number of halogens is 1. The molecule has 1 atom stereocenters. The first kappa shape index (κ1) is 18.0. The minimum absolute atomic E-state index is 0.0416. The fraction of sp³-hybridized carbons (Fsp3) is 0.562. The number of hydrogen-bond acceptors (Lipinski definition) is 3. The molecule has 0 bridgehead atoms. The van der Waals surface area contributed by atoms with Crippen LogP contribution in [0.3, 0.4) is 0 Å². The number of nitrogens with one attached hydrogen (secondary N) is 2. The maximum absolute atomic E-state index is 11.7. The summed E-state index contributed by atoms with van der Waals surface area (Å²) in [6, 6.07) is 6.28. The number of amides is 1. The molecule has 1 rings (SSSR count). The second-order valence-electron chi connectivity index (χ2n) is 5.35. The Hall–Kier alpha value is -1.07. The summed E-state index contributed by atoms with van der Waals surface area (Å²) < 4.78 is 1.08. The van der Waals surface area contributed by atoms with Gasteiger partial charge in [-0.2, -0.15) is 0 Å². The lowest BCUT2D eigenvalue weighted by Crippen LogP contribution is -2.34. The Balaban J connectivity index is 2.82. The van der Waals surface area contributed by atoms with E-state index in [2.05, 4.69) is 50.5 Å². The van der Waals surface area contributed by atoms with Crippen molar-refractivity contribution in [2.24, 2.45) is 5.92 Å². The minimum atomic E-state index is -0.0416. The van der Waals surface area contributed by atoms with Crippen LogP contribution in [0, 0.1) is 5.92 Å². The van der Waals surface area contributed by atoms with Crippen molar-refractivity contribution in [3.8, 4) is 0 Å². The Morgan fingerprint density at radius 2 is 2.14 bits per heavy atom. The van der Waals surface area contributed by atoms with E-state index < -0.39 is 0 Å². The molecule has 0 saturated carbocycles. The van der Waals surface area contributed by atoms with Crippen LogP contribution in [0.4, 0.5) is 5.69 Å². The number of benzene rings is 1. The molecule has 0 saturated heterocycles. The van der Waals surface area contributed by atoms with Crippen molar-refractivity contribution in [3.63, 3.8) is 0 Å². The smallest absolute Gasteiger partial charge is 0.224 e. The maximum Gasteiger partial charge on any atom is 0.224 e. The number of anilines is 1. The Labute approximate surface area is 136 Å². The molecule has 0 aliphatic carbocycles. The van der Waals surface area contributed by atoms with Crippen LogP contribution >= 0.6 is 15.9 Å². The molecule has 1 amide bonds. The van der Waals surface area contributed by atoms with Crippen LogP contribution in [-0.4, -0.2) is 33.1 Å². The fourth-order valence-electron chi connectivity index (χ4n) is 2.31. The second kappa shape index (κ2) is 9.05. The molecule has 1 unspecified atom stereocenters. The maximum atomic E-state index is 11.7. The quantitative estimate of drug-likeness (QED) is 0.704. The van der Waals surface area contributed by atoms with Gasteiger partial charge in [0.25, 0.3) is 0 Å². The molecule has 0 fully saturated rings. The average Bonchev–Trinajstić information content (AvgIpc) is 2.46. The molecule has 118 valence electrons. The zero-order valence-electron chi connectivity index (χ0n) is 13.4. The lowest BCUT2D eigenvalue weighted by molar-refractivity contribution is -0.123. The summed E-state index contributed by atoms with van der Waals surface area (Å²) in [6.45, 7) is 6.64. The van der Waals surface area contributed by atoms with Gasteiger partial charge in [-0.25, -0.2) is 0 Å². The first-order valence-electron chi connectivity index (χ1n) is 7.41. The highest BCUT2D eigenvalue weighted by Crippen LogP contribution is 2.24. The van der Waals surface area contributed by atoms with E-state index in [1.54, 1.807) is 7.05 Å². The molecular weight excluding hydrogens is 330 g/mol. The number of nitrogens with zero attached hydrogens (tertiary/aromatic N) is 1. The summed E-state index contributed by atoms with van der Waals surface area (Å²) in [6.07, 6.45) is 1.12. The highest BCUT2D eigenvalue weighted by Gasteiger charge is 2.16. The number of hydrogen-bond donors (Lipinski definition) is 2. The van der Waals surface area contributed by atoms with Gasteiger partial charge in [-0.05, 0) is 36.7 Å². The predicted octanol–water partition coefficient (Wildman–Crippen LogP) is 2.77. The third-order valence-corrected chi connectivity index (χ3v) is 3.93. The molecule has 0 radical (unpaired) electrons. The Morgan fingerprint density at radius 1 is 1.43 bits per heavy atom. The van der Waals surface area contributed by atoms with Crippen molar-refractivity contribution in [1.82, 2.24) is 10.6 Å². The summed E-state index contributed by atoms with van der Waals surface area (Å²) in [5, 5.41) is 6.14. The normalized spacial score (nSPS) is 12.0. The van der Waals surface area contributed by atoms with Gasteiger partial charge in [0.05, 0.1) is 5.92 Å². The zero-order valence-corrected chi connectivity index (χ0v) is 15.0. The van der Waals surface area contributed by atoms with Crippen LogP contribution in [0.15, 0.2) is 22.7 Å². The standard InChI is InChI=1S/C16H26BrN3O/c1-5-8-19-10-13-9-14(17)6-7-15(13)20(4)11-12(2)16(21)18-3/h6-7,9,12,19H,5,8,10-11H2,1-4H3,(H,18,21). The predicted molar refractivity (Wildman–Crippen MR) is 92.6 cm³/mol. The molecule has 0 heterocycles. The number of rotatable bonds is 8. The molecule has 0 spiro atoms. The van der Waals surface area contributed by atoms with Crippen molar-refractivity contribution in [2.45, 2.75) is 26.8 Å². The Morgan fingerprint density at radius 3 is 2.76 bits per heavy atom. The van der Waals surface area contributed by atoms with Gasteiger partial charge >= 0.3 is 0 Å². The van der Waals surface area contributed by atoms with Gasteiger partial charge in [-0.3, -0.25) is 4.79 Å². The Kier molecular flexibility index (Phi) is 7.75. The van der Waals surface area contributed by atoms with Gasteiger partial charge in [0.1, 0.15) is 0 Å². The molecule has 1 aromatic carbocycles. The third-order valence-electron chi connectivity index (χ3n) is 3.44. The van der Waals surface area contributed by atoms with Crippen LogP contribution in [0.1, 0.15) is 25.8 Å². The van der Waals surface area contributed by atoms with Crippen molar-refractivity contribution < 1.29 is 4.79 Å². The van der Waals surface area contributed by atoms with Gasteiger partial charge in [0.15, 0.2) is 0 Å². The second-order valence-corrected chi connectivity index (χ2v) is 6.26. The Bertz CT molecular complexity index is 465. The molecule has 2 N–H and O–H groups in total. The van der Waals surface area contributed by atoms with E-state index in [1.807, 2.05) is 20.0 Å². The largest absolute Gasteiger partial charge is 0.374 e. The molecule has 0 aromatic heterocycles. The van der Waals surface area contributed by atoms with Crippen LogP contribution in [0.2, 0.25) is 0 Å². The first-order valence-corrected chi connectivity index (χ1v) is 8.20. The van der Waals surface area contributed by atoms with Crippen LogP contribution in [0.25, 0.3) is 0 Å². The van der Waals surface area contributed by atoms with Crippen LogP contribution < -0.4 is 15.5 Å². The number of carbonyl (C=O) groups is 1. The van der Waals surface area contributed by atoms with E-state index in [0.717, 1.165) is 29.7 Å². The van der Waals surface area contributed by atoms with Gasteiger partial charge in [0.2, 0.25) is 5.91 Å². The van der Waals surface area contributed by atoms with E-state index in [4.69, 9.17) is 0 Å². The van der Waals surface area contributed by atoms with Crippen molar-refractivity contribution in [1.29, 1.82) is 0 Å². The van der Waals surface area contributed by atoms with Gasteiger partial charge in [0, 0.05) is 37.3 Å². The molecule has 5 heteroatoms. The van der Waals surface area contributed by atoms with Crippen molar-refractivity contribution in [2.75, 3.05) is 32.1 Å². The van der Waals surface area contributed by atoms with Gasteiger partial charge in [-0.15, -0.1) is 0 Å². The van der Waals surface area contributed by atoms with E-state index in [0.29, 0.717) is 6.54 Å². The summed E-state index contributed by atoms with van der Waals surface area (Å²) in [4.78, 5) is 13.8. The lowest BCUT2D eigenvalue weighted by atomic mass is 10.1. The summed E-state index contributed by atoms with van der Waals surface area (Å²) in [7, 11) is 3.71. The van der Waals surface area contributed by atoms with Crippen LogP contribution in [0.5, 0.6) is 0 Å². The molecule has 1 aromatic rings. The molecular formula is C16H26BrN3O. The van der Waals surface area contributed by atoms with E-state index in [9.17, 15) is 4.79 Å². The number of carbonyl (C=O) groups excluding carboxylic acids is 1. The average molecular weight is 356 g/mol. The molecule has 0 aliphatic rings. The van der Waals surface area contributed by atoms with E-state index in [1.165, 1.54) is 5.56 Å². The highest BCUT2D eigenvalue weighted by atomic mass is 79.9. The highest BCUT2D eigenvalue weighted by molar-refractivity contribution is 9.10. The van der Waals surface area contributed by atoms with Gasteiger partial charge < -0.3 is 15.5 Å². The SMILES string of the molecule is CCCNCc1cc(Br)ccc1N(C)CC(C)C(=O)NC. The van der Waals surface area contributed by atoms with E-state index >= 15 is 0 Å².